The zero-order valence-electron chi connectivity index (χ0n) is 14.5. The Bertz CT molecular complexity index is 899. The minimum absolute atomic E-state index is 0.416. The highest BCUT2D eigenvalue weighted by Gasteiger charge is 2.16. The second-order valence-corrected chi connectivity index (χ2v) is 6.71. The molecule has 5 heteroatoms. The third-order valence-corrected chi connectivity index (χ3v) is 4.48. The first-order valence-electron chi connectivity index (χ1n) is 8.23. The van der Waals surface area contributed by atoms with E-state index in [9.17, 15) is 5.11 Å². The van der Waals surface area contributed by atoms with Crippen molar-refractivity contribution >= 4 is 22.8 Å². The molecule has 1 atom stereocenters. The van der Waals surface area contributed by atoms with Crippen LogP contribution in [-0.2, 0) is 12.8 Å². The van der Waals surface area contributed by atoms with Crippen LogP contribution in [-0.4, -0.2) is 25.7 Å². The van der Waals surface area contributed by atoms with E-state index in [2.05, 4.69) is 24.5 Å². The zero-order valence-corrected chi connectivity index (χ0v) is 15.2. The molecule has 0 spiro atoms. The number of pyridine rings is 1. The Hall–Kier alpha value is -1.91. The van der Waals surface area contributed by atoms with Crippen molar-refractivity contribution in [3.8, 4) is 5.69 Å². The van der Waals surface area contributed by atoms with Crippen molar-refractivity contribution in [2.24, 2.45) is 0 Å². The van der Waals surface area contributed by atoms with E-state index in [0.29, 0.717) is 11.4 Å². The first kappa shape index (κ1) is 16.9. The van der Waals surface area contributed by atoms with E-state index in [0.717, 1.165) is 45.9 Å². The number of nitrogens with zero attached hydrogens (tertiary/aromatic N) is 3. The molecule has 24 heavy (non-hydrogen) atoms. The highest BCUT2D eigenvalue weighted by Crippen LogP contribution is 2.27. The van der Waals surface area contributed by atoms with Crippen LogP contribution in [0.25, 0.3) is 16.9 Å². The standard InChI is InChI=1S/C19H22ClN3O/c1-5-17-22-18-11(2)8-12(3)21-19(18)23(17)15-7-6-14(9-13(4)24)16(20)10-15/h6-8,10,13,24H,5,9H2,1-4H3. The summed E-state index contributed by atoms with van der Waals surface area (Å²) in [4.78, 5) is 9.47. The summed E-state index contributed by atoms with van der Waals surface area (Å²) in [5, 5.41) is 10.2. The Balaban J connectivity index is 2.20. The van der Waals surface area contributed by atoms with E-state index in [-0.39, 0.29) is 0 Å². The van der Waals surface area contributed by atoms with E-state index < -0.39 is 6.10 Å². The van der Waals surface area contributed by atoms with E-state index in [1.807, 2.05) is 25.1 Å². The molecule has 0 fully saturated rings. The molecule has 0 amide bonds. The first-order valence-corrected chi connectivity index (χ1v) is 8.61. The number of aliphatic hydroxyl groups excluding tert-OH is 1. The molecule has 0 aliphatic rings. The van der Waals surface area contributed by atoms with Crippen LogP contribution in [0.2, 0.25) is 5.02 Å². The smallest absolute Gasteiger partial charge is 0.165 e. The summed E-state index contributed by atoms with van der Waals surface area (Å²) < 4.78 is 2.08. The van der Waals surface area contributed by atoms with Gasteiger partial charge in [-0.1, -0.05) is 24.6 Å². The van der Waals surface area contributed by atoms with E-state index in [1.165, 1.54) is 0 Å². The quantitative estimate of drug-likeness (QED) is 0.773. The van der Waals surface area contributed by atoms with Crippen LogP contribution >= 0.6 is 11.6 Å². The van der Waals surface area contributed by atoms with Crippen LogP contribution < -0.4 is 0 Å². The van der Waals surface area contributed by atoms with Gasteiger partial charge >= 0.3 is 0 Å². The van der Waals surface area contributed by atoms with Crippen LogP contribution in [0.15, 0.2) is 24.3 Å². The lowest BCUT2D eigenvalue weighted by Gasteiger charge is -2.12. The second kappa shape index (κ2) is 6.54. The molecule has 1 aromatic carbocycles. The highest BCUT2D eigenvalue weighted by atomic mass is 35.5. The van der Waals surface area contributed by atoms with E-state index >= 15 is 0 Å². The molecule has 0 aliphatic heterocycles. The molecule has 126 valence electrons. The lowest BCUT2D eigenvalue weighted by atomic mass is 10.1. The number of aryl methyl sites for hydroxylation is 3. The lowest BCUT2D eigenvalue weighted by molar-refractivity contribution is 0.195. The van der Waals surface area contributed by atoms with Crippen molar-refractivity contribution in [2.75, 3.05) is 0 Å². The molecular formula is C19H22ClN3O. The normalized spacial score (nSPS) is 12.8. The fourth-order valence-electron chi connectivity index (χ4n) is 3.07. The van der Waals surface area contributed by atoms with Gasteiger partial charge in [-0.05, 0) is 56.5 Å². The zero-order chi connectivity index (χ0) is 17.4. The number of aromatic nitrogens is 3. The van der Waals surface area contributed by atoms with Gasteiger partial charge in [0.1, 0.15) is 11.3 Å². The molecular weight excluding hydrogens is 322 g/mol. The van der Waals surface area contributed by atoms with Gasteiger partial charge in [-0.3, -0.25) is 4.57 Å². The molecule has 0 aliphatic carbocycles. The van der Waals surface area contributed by atoms with Crippen LogP contribution in [0.5, 0.6) is 0 Å². The number of rotatable bonds is 4. The van der Waals surface area contributed by atoms with Gasteiger partial charge in [0, 0.05) is 17.1 Å². The summed E-state index contributed by atoms with van der Waals surface area (Å²) >= 11 is 6.43. The SMILES string of the molecule is CCc1nc2c(C)cc(C)nc2n1-c1ccc(CC(C)O)c(Cl)c1. The Morgan fingerprint density at radius 1 is 1.21 bits per heavy atom. The van der Waals surface area contributed by atoms with Crippen molar-refractivity contribution in [3.63, 3.8) is 0 Å². The molecule has 0 radical (unpaired) electrons. The molecule has 0 saturated carbocycles. The molecule has 2 aromatic heterocycles. The van der Waals surface area contributed by atoms with Gasteiger partial charge in [0.15, 0.2) is 5.65 Å². The predicted octanol–water partition coefficient (Wildman–Crippen LogP) is 4.18. The largest absolute Gasteiger partial charge is 0.393 e. The average molecular weight is 344 g/mol. The number of hydrogen-bond donors (Lipinski definition) is 1. The number of imidazole rings is 1. The Morgan fingerprint density at radius 3 is 2.58 bits per heavy atom. The van der Waals surface area contributed by atoms with Crippen molar-refractivity contribution in [2.45, 2.75) is 46.6 Å². The summed E-state index contributed by atoms with van der Waals surface area (Å²) in [6.07, 6.45) is 0.934. The number of halogens is 1. The topological polar surface area (TPSA) is 50.9 Å². The van der Waals surface area contributed by atoms with Crippen molar-refractivity contribution in [1.82, 2.24) is 14.5 Å². The van der Waals surface area contributed by atoms with Crippen molar-refractivity contribution in [3.05, 3.63) is 51.9 Å². The van der Waals surface area contributed by atoms with Gasteiger partial charge in [-0.2, -0.15) is 0 Å². The minimum atomic E-state index is -0.416. The third kappa shape index (κ3) is 3.04. The number of aliphatic hydroxyl groups is 1. The number of benzene rings is 1. The molecule has 0 bridgehead atoms. The Kier molecular flexibility index (Phi) is 4.61. The molecule has 3 rings (SSSR count). The van der Waals surface area contributed by atoms with E-state index in [1.54, 1.807) is 6.92 Å². The monoisotopic (exact) mass is 343 g/mol. The molecule has 2 heterocycles. The summed E-state index contributed by atoms with van der Waals surface area (Å²) in [5.74, 6) is 0.963. The van der Waals surface area contributed by atoms with Crippen LogP contribution in [0, 0.1) is 13.8 Å². The summed E-state index contributed by atoms with van der Waals surface area (Å²) in [6, 6.07) is 7.97. The third-order valence-electron chi connectivity index (χ3n) is 4.13. The summed E-state index contributed by atoms with van der Waals surface area (Å²) in [5.41, 5.74) is 5.79. The Morgan fingerprint density at radius 2 is 1.96 bits per heavy atom. The summed E-state index contributed by atoms with van der Waals surface area (Å²) in [7, 11) is 0. The maximum atomic E-state index is 9.58. The minimum Gasteiger partial charge on any atom is -0.393 e. The number of hydrogen-bond acceptors (Lipinski definition) is 3. The van der Waals surface area contributed by atoms with Gasteiger partial charge in [-0.25, -0.2) is 9.97 Å². The number of fused-ring (bicyclic) bond motifs is 1. The molecule has 4 nitrogen and oxygen atoms in total. The van der Waals surface area contributed by atoms with Gasteiger partial charge < -0.3 is 5.11 Å². The van der Waals surface area contributed by atoms with Crippen LogP contribution in [0.3, 0.4) is 0 Å². The van der Waals surface area contributed by atoms with Gasteiger partial charge in [0.25, 0.3) is 0 Å². The fourth-order valence-corrected chi connectivity index (χ4v) is 3.33. The fraction of sp³-hybridized carbons (Fsp3) is 0.368. The molecule has 0 saturated heterocycles. The van der Waals surface area contributed by atoms with Crippen LogP contribution in [0.4, 0.5) is 0 Å². The van der Waals surface area contributed by atoms with E-state index in [4.69, 9.17) is 21.6 Å². The average Bonchev–Trinajstić information content (AvgIpc) is 2.87. The van der Waals surface area contributed by atoms with Crippen molar-refractivity contribution in [1.29, 1.82) is 0 Å². The van der Waals surface area contributed by atoms with Crippen LogP contribution in [0.1, 0.15) is 36.5 Å². The van der Waals surface area contributed by atoms with Gasteiger partial charge in [0.2, 0.25) is 0 Å². The second-order valence-electron chi connectivity index (χ2n) is 6.30. The van der Waals surface area contributed by atoms with Crippen molar-refractivity contribution < 1.29 is 5.11 Å². The maximum absolute atomic E-state index is 9.58. The molecule has 3 aromatic rings. The van der Waals surface area contributed by atoms with Gasteiger partial charge in [0.05, 0.1) is 11.8 Å². The maximum Gasteiger partial charge on any atom is 0.165 e. The molecule has 1 unspecified atom stereocenters. The Labute approximate surface area is 147 Å². The summed E-state index contributed by atoms with van der Waals surface area (Å²) in [6.45, 7) is 7.90. The molecule has 1 N–H and O–H groups in total. The lowest BCUT2D eigenvalue weighted by Crippen LogP contribution is -2.06. The predicted molar refractivity (Wildman–Crippen MR) is 98.1 cm³/mol. The van der Waals surface area contributed by atoms with Gasteiger partial charge in [-0.15, -0.1) is 0 Å². The first-order chi connectivity index (χ1) is 11.4. The highest BCUT2D eigenvalue weighted by molar-refractivity contribution is 6.31.